The minimum atomic E-state index is -4.35. The molecule has 0 aliphatic heterocycles. The number of hydrogen-bond donors (Lipinski definition) is 4. The van der Waals surface area contributed by atoms with Crippen molar-refractivity contribution in [2.24, 2.45) is 0 Å². The van der Waals surface area contributed by atoms with Gasteiger partial charge in [0.15, 0.2) is 0 Å². The molecule has 6 nitrogen and oxygen atoms in total. The summed E-state index contributed by atoms with van der Waals surface area (Å²) in [6.07, 6.45) is -0.780. The molecule has 1 atom stereocenters. The zero-order valence-corrected chi connectivity index (χ0v) is 7.57. The third kappa shape index (κ3) is 5.56. The van der Waals surface area contributed by atoms with Gasteiger partial charge in [-0.15, -0.1) is 0 Å². The maximum absolute atomic E-state index is 10.4. The van der Waals surface area contributed by atoms with Crippen LogP contribution in [-0.4, -0.2) is 31.4 Å². The molecule has 4 N–H and O–H groups in total. The van der Waals surface area contributed by atoms with Crippen molar-refractivity contribution >= 4 is 15.2 Å². The second-order valence-electron chi connectivity index (χ2n) is 2.29. The number of rotatable bonds is 3. The maximum Gasteiger partial charge on any atom is 0.328 e. The Kier molecular flexibility index (Phi) is 3.44. The molecule has 0 aromatic heterocycles. The molecule has 0 bridgehead atoms. The zero-order valence-electron chi connectivity index (χ0n) is 5.78. The summed E-state index contributed by atoms with van der Waals surface area (Å²) in [5.74, 6) is 0. The Morgan fingerprint density at radius 1 is 1.18 bits per heavy atom. The summed E-state index contributed by atoms with van der Waals surface area (Å²) < 4.78 is 20.6. The number of hydrogen-bond acceptors (Lipinski definition) is 2. The predicted molar refractivity (Wildman–Crippen MR) is 38.4 cm³/mol. The van der Waals surface area contributed by atoms with Crippen LogP contribution < -0.4 is 0 Å². The highest BCUT2D eigenvalue weighted by Crippen LogP contribution is 2.48. The van der Waals surface area contributed by atoms with E-state index in [9.17, 15) is 9.13 Å². The molecule has 0 aliphatic carbocycles. The van der Waals surface area contributed by atoms with Crippen molar-refractivity contribution in [2.75, 3.05) is 6.16 Å². The van der Waals surface area contributed by atoms with E-state index in [-0.39, 0.29) is 0 Å². The normalized spacial score (nSPS) is 16.5. The van der Waals surface area contributed by atoms with Crippen LogP contribution >= 0.6 is 15.2 Å². The summed E-state index contributed by atoms with van der Waals surface area (Å²) in [4.78, 5) is 33.5. The first-order valence-corrected chi connectivity index (χ1v) is 6.20. The highest BCUT2D eigenvalue weighted by Gasteiger charge is 2.30. The van der Waals surface area contributed by atoms with Crippen LogP contribution in [0.25, 0.3) is 0 Å². The van der Waals surface area contributed by atoms with Gasteiger partial charge in [0.2, 0.25) is 0 Å². The Hall–Kier alpha value is 0.300. The monoisotopic (exact) mass is 204 g/mol. The third-order valence-electron chi connectivity index (χ3n) is 1.08. The molecule has 0 fully saturated rings. The van der Waals surface area contributed by atoms with Crippen LogP contribution in [0.1, 0.15) is 6.92 Å². The van der Waals surface area contributed by atoms with Gasteiger partial charge < -0.3 is 19.6 Å². The average molecular weight is 204 g/mol. The molecule has 68 valence electrons. The van der Waals surface area contributed by atoms with E-state index in [0.29, 0.717) is 0 Å². The lowest BCUT2D eigenvalue weighted by atomic mass is 10.6. The molecule has 0 aromatic rings. The van der Waals surface area contributed by atoms with E-state index in [2.05, 4.69) is 0 Å². The molecule has 0 saturated heterocycles. The van der Waals surface area contributed by atoms with Crippen LogP contribution in [0.5, 0.6) is 0 Å². The van der Waals surface area contributed by atoms with Gasteiger partial charge in [0, 0.05) is 0 Å². The van der Waals surface area contributed by atoms with Crippen molar-refractivity contribution in [2.45, 2.75) is 12.6 Å². The van der Waals surface area contributed by atoms with E-state index < -0.39 is 27.0 Å². The molecular weight excluding hydrogens is 194 g/mol. The van der Waals surface area contributed by atoms with E-state index in [4.69, 9.17) is 19.6 Å². The van der Waals surface area contributed by atoms with Crippen LogP contribution in [0.3, 0.4) is 0 Å². The second-order valence-corrected chi connectivity index (χ2v) is 6.04. The van der Waals surface area contributed by atoms with E-state index in [0.717, 1.165) is 6.92 Å². The van der Waals surface area contributed by atoms with Crippen LogP contribution in [0.15, 0.2) is 0 Å². The van der Waals surface area contributed by atoms with Gasteiger partial charge in [-0.25, -0.2) is 0 Å². The van der Waals surface area contributed by atoms with Gasteiger partial charge in [-0.05, 0) is 0 Å². The Morgan fingerprint density at radius 2 is 1.55 bits per heavy atom. The molecular formula is C3H10O6P2. The first-order chi connectivity index (χ1) is 4.63. The van der Waals surface area contributed by atoms with Crippen molar-refractivity contribution in [3.8, 4) is 0 Å². The quantitative estimate of drug-likeness (QED) is 0.470. The third-order valence-corrected chi connectivity index (χ3v) is 3.72. The van der Waals surface area contributed by atoms with Crippen molar-refractivity contribution in [3.63, 3.8) is 0 Å². The highest BCUT2D eigenvalue weighted by molar-refractivity contribution is 7.56. The fourth-order valence-electron chi connectivity index (χ4n) is 0.451. The van der Waals surface area contributed by atoms with E-state index >= 15 is 0 Å². The van der Waals surface area contributed by atoms with Gasteiger partial charge in [0.05, 0.1) is 11.8 Å². The fourth-order valence-corrected chi connectivity index (χ4v) is 2.63. The zero-order chi connectivity index (χ0) is 9.28. The van der Waals surface area contributed by atoms with E-state index in [1.165, 1.54) is 0 Å². The molecule has 0 aliphatic rings. The Morgan fingerprint density at radius 3 is 1.64 bits per heavy atom. The van der Waals surface area contributed by atoms with Crippen LogP contribution in [0.2, 0.25) is 0 Å². The largest absolute Gasteiger partial charge is 0.328 e. The summed E-state index contributed by atoms with van der Waals surface area (Å²) in [7, 11) is -8.66. The van der Waals surface area contributed by atoms with Crippen molar-refractivity contribution in [1.82, 2.24) is 0 Å². The Balaban J connectivity index is 4.22. The highest BCUT2D eigenvalue weighted by atomic mass is 31.2. The van der Waals surface area contributed by atoms with Gasteiger partial charge >= 0.3 is 15.2 Å². The fraction of sp³-hybridized carbons (Fsp3) is 1.00. The topological polar surface area (TPSA) is 115 Å². The summed E-state index contributed by atoms with van der Waals surface area (Å²) in [5, 5.41) is 0. The van der Waals surface area contributed by atoms with Gasteiger partial charge in [0.1, 0.15) is 0 Å². The minimum absolute atomic E-state index is 0.780. The molecule has 11 heavy (non-hydrogen) atoms. The molecule has 0 rings (SSSR count). The Labute approximate surface area is 63.6 Å². The molecule has 0 radical (unpaired) electrons. The smallest absolute Gasteiger partial charge is 0.324 e. The van der Waals surface area contributed by atoms with Gasteiger partial charge in [-0.3, -0.25) is 9.13 Å². The average Bonchev–Trinajstić information content (AvgIpc) is 1.56. The standard InChI is InChI=1S/C3H10O6P2/c1-3(11(7,8)9)2-10(4,5)6/h3H,2H2,1H3,(H2,4,5,6)(H2,7,8,9)/t3-/m0/s1. The predicted octanol–water partition coefficient (Wildman–Crippen LogP) is -0.270. The summed E-state index contributed by atoms with van der Waals surface area (Å²) >= 11 is 0. The molecule has 0 unspecified atom stereocenters. The summed E-state index contributed by atoms with van der Waals surface area (Å²) in [6.45, 7) is 1.10. The molecule has 0 amide bonds. The lowest BCUT2D eigenvalue weighted by molar-refractivity contribution is 0.349. The van der Waals surface area contributed by atoms with E-state index in [1.807, 2.05) is 0 Å². The van der Waals surface area contributed by atoms with Gasteiger partial charge in [0.25, 0.3) is 0 Å². The van der Waals surface area contributed by atoms with Crippen LogP contribution in [-0.2, 0) is 9.13 Å². The molecule has 8 heteroatoms. The molecule has 0 spiro atoms. The first kappa shape index (κ1) is 11.3. The molecule has 0 heterocycles. The lowest BCUT2D eigenvalue weighted by Crippen LogP contribution is -2.09. The molecule has 0 aromatic carbocycles. The van der Waals surface area contributed by atoms with Gasteiger partial charge in [-0.2, -0.15) is 0 Å². The van der Waals surface area contributed by atoms with Crippen molar-refractivity contribution < 1.29 is 28.7 Å². The van der Waals surface area contributed by atoms with Gasteiger partial charge in [-0.1, -0.05) is 6.92 Å². The van der Waals surface area contributed by atoms with E-state index in [1.54, 1.807) is 0 Å². The van der Waals surface area contributed by atoms with Crippen molar-refractivity contribution in [3.05, 3.63) is 0 Å². The second kappa shape index (κ2) is 3.35. The summed E-state index contributed by atoms with van der Waals surface area (Å²) in [6, 6.07) is 0. The SMILES string of the molecule is C[C@@H](CP(=O)(O)O)P(=O)(O)O. The summed E-state index contributed by atoms with van der Waals surface area (Å²) in [5.41, 5.74) is -1.29. The maximum atomic E-state index is 10.4. The lowest BCUT2D eigenvalue weighted by Gasteiger charge is -2.13. The molecule has 0 saturated carbocycles. The van der Waals surface area contributed by atoms with Crippen LogP contribution in [0, 0.1) is 0 Å². The Bertz CT molecular complexity index is 212. The minimum Gasteiger partial charge on any atom is -0.324 e. The van der Waals surface area contributed by atoms with Crippen molar-refractivity contribution in [1.29, 1.82) is 0 Å². The van der Waals surface area contributed by atoms with Crippen LogP contribution in [0.4, 0.5) is 0 Å². The first-order valence-electron chi connectivity index (χ1n) is 2.73.